The van der Waals surface area contributed by atoms with Crippen LogP contribution in [0.2, 0.25) is 4.34 Å². The molecule has 0 saturated carbocycles. The summed E-state index contributed by atoms with van der Waals surface area (Å²) < 4.78 is 0.951. The number of thioether (sulfide) groups is 1. The Hall–Kier alpha value is 0.300. The van der Waals surface area contributed by atoms with E-state index in [1.165, 1.54) is 41.2 Å². The number of rotatable bonds is 2. The molecular formula is C11H14ClNS2. The summed E-state index contributed by atoms with van der Waals surface area (Å²) in [6, 6.07) is 3.46. The molecular weight excluding hydrogens is 246 g/mol. The van der Waals surface area contributed by atoms with E-state index < -0.39 is 0 Å². The molecule has 4 heteroatoms. The van der Waals surface area contributed by atoms with Crippen molar-refractivity contribution in [3.8, 4) is 0 Å². The molecule has 1 aliphatic carbocycles. The fourth-order valence-electron chi connectivity index (χ4n) is 2.45. The fraction of sp³-hybridized carbons (Fsp3) is 0.636. The monoisotopic (exact) mass is 259 g/mol. The molecule has 0 amide bonds. The topological polar surface area (TPSA) is 12.0 Å². The summed E-state index contributed by atoms with van der Waals surface area (Å²) in [5, 5.41) is 3.77. The maximum Gasteiger partial charge on any atom is 0.0934 e. The SMILES string of the molecule is Clc1cc2c(s1)CCC2NC1CCSC1. The third-order valence-corrected chi connectivity index (χ3v) is 5.72. The second kappa shape index (κ2) is 4.28. The van der Waals surface area contributed by atoms with Gasteiger partial charge in [0.2, 0.25) is 0 Å². The lowest BCUT2D eigenvalue weighted by atomic mass is 10.1. The Morgan fingerprint density at radius 3 is 3.13 bits per heavy atom. The van der Waals surface area contributed by atoms with Gasteiger partial charge in [-0.15, -0.1) is 11.3 Å². The average molecular weight is 260 g/mol. The quantitative estimate of drug-likeness (QED) is 0.873. The van der Waals surface area contributed by atoms with Gasteiger partial charge in [-0.3, -0.25) is 0 Å². The lowest BCUT2D eigenvalue weighted by molar-refractivity contribution is 0.459. The summed E-state index contributed by atoms with van der Waals surface area (Å²) in [6.45, 7) is 0. The van der Waals surface area contributed by atoms with Crippen LogP contribution in [0.4, 0.5) is 0 Å². The predicted molar refractivity (Wildman–Crippen MR) is 69.3 cm³/mol. The van der Waals surface area contributed by atoms with Crippen LogP contribution in [0, 0.1) is 0 Å². The van der Waals surface area contributed by atoms with Crippen LogP contribution in [0.3, 0.4) is 0 Å². The van der Waals surface area contributed by atoms with E-state index in [-0.39, 0.29) is 0 Å². The van der Waals surface area contributed by atoms with E-state index in [0.717, 1.165) is 10.4 Å². The third-order valence-electron chi connectivity index (χ3n) is 3.21. The van der Waals surface area contributed by atoms with Crippen molar-refractivity contribution in [1.29, 1.82) is 0 Å². The van der Waals surface area contributed by atoms with Crippen molar-refractivity contribution < 1.29 is 0 Å². The molecule has 1 aromatic heterocycles. The van der Waals surface area contributed by atoms with E-state index in [1.54, 1.807) is 11.3 Å². The van der Waals surface area contributed by atoms with Crippen molar-refractivity contribution in [3.63, 3.8) is 0 Å². The summed E-state index contributed by atoms with van der Waals surface area (Å²) in [5.74, 6) is 2.60. The van der Waals surface area contributed by atoms with Crippen molar-refractivity contribution in [1.82, 2.24) is 5.32 Å². The molecule has 1 N–H and O–H groups in total. The van der Waals surface area contributed by atoms with Gasteiger partial charge in [0.25, 0.3) is 0 Å². The van der Waals surface area contributed by atoms with Crippen LogP contribution in [0.15, 0.2) is 6.07 Å². The summed E-state index contributed by atoms with van der Waals surface area (Å²) in [4.78, 5) is 1.50. The zero-order valence-electron chi connectivity index (χ0n) is 8.46. The summed E-state index contributed by atoms with van der Waals surface area (Å²) >= 11 is 9.87. The molecule has 0 radical (unpaired) electrons. The lowest BCUT2D eigenvalue weighted by Crippen LogP contribution is -2.31. The summed E-state index contributed by atoms with van der Waals surface area (Å²) in [6.07, 6.45) is 3.80. The van der Waals surface area contributed by atoms with Gasteiger partial charge >= 0.3 is 0 Å². The minimum atomic E-state index is 0.576. The van der Waals surface area contributed by atoms with Crippen LogP contribution in [0.5, 0.6) is 0 Å². The first-order valence-corrected chi connectivity index (χ1v) is 7.80. The van der Waals surface area contributed by atoms with E-state index in [4.69, 9.17) is 11.6 Å². The molecule has 1 saturated heterocycles. The molecule has 0 bridgehead atoms. The molecule has 1 aromatic rings. The number of fused-ring (bicyclic) bond motifs is 1. The van der Waals surface area contributed by atoms with Crippen LogP contribution < -0.4 is 5.32 Å². The molecule has 1 nitrogen and oxygen atoms in total. The smallest absolute Gasteiger partial charge is 0.0934 e. The molecule has 15 heavy (non-hydrogen) atoms. The Morgan fingerprint density at radius 1 is 1.40 bits per heavy atom. The minimum Gasteiger partial charge on any atom is -0.306 e. The largest absolute Gasteiger partial charge is 0.306 e. The van der Waals surface area contributed by atoms with E-state index in [2.05, 4.69) is 23.1 Å². The van der Waals surface area contributed by atoms with Crippen molar-refractivity contribution >= 4 is 34.7 Å². The molecule has 3 rings (SSSR count). The van der Waals surface area contributed by atoms with Crippen molar-refractivity contribution in [3.05, 3.63) is 20.8 Å². The van der Waals surface area contributed by atoms with Gasteiger partial charge in [-0.25, -0.2) is 0 Å². The Balaban J connectivity index is 1.72. The van der Waals surface area contributed by atoms with Gasteiger partial charge in [-0.1, -0.05) is 11.6 Å². The predicted octanol–water partition coefficient (Wildman–Crippen LogP) is 3.48. The first kappa shape index (κ1) is 10.5. The van der Waals surface area contributed by atoms with E-state index in [1.807, 2.05) is 0 Å². The van der Waals surface area contributed by atoms with Crippen LogP contribution in [0.25, 0.3) is 0 Å². The molecule has 2 aliphatic rings. The highest BCUT2D eigenvalue weighted by Crippen LogP contribution is 2.40. The van der Waals surface area contributed by atoms with Gasteiger partial charge < -0.3 is 5.32 Å². The fourth-order valence-corrected chi connectivity index (χ4v) is 4.98. The van der Waals surface area contributed by atoms with Gasteiger partial charge in [0.15, 0.2) is 0 Å². The number of nitrogens with one attached hydrogen (secondary N) is 1. The van der Waals surface area contributed by atoms with E-state index in [0.29, 0.717) is 6.04 Å². The third kappa shape index (κ3) is 2.07. The van der Waals surface area contributed by atoms with E-state index >= 15 is 0 Å². The van der Waals surface area contributed by atoms with Crippen molar-refractivity contribution in [2.45, 2.75) is 31.3 Å². The standard InChI is InChI=1S/C11H14ClNS2/c12-11-5-8-9(1-2-10(8)15-11)13-7-3-4-14-6-7/h5,7,9,13H,1-4,6H2. The average Bonchev–Trinajstić information content (AvgIpc) is 2.85. The first-order valence-electron chi connectivity index (χ1n) is 5.45. The van der Waals surface area contributed by atoms with Crippen LogP contribution >= 0.6 is 34.7 Å². The summed E-state index contributed by atoms with van der Waals surface area (Å²) in [5.41, 5.74) is 1.47. The van der Waals surface area contributed by atoms with E-state index in [9.17, 15) is 0 Å². The number of aryl methyl sites for hydroxylation is 1. The van der Waals surface area contributed by atoms with Gasteiger partial charge in [0, 0.05) is 22.7 Å². The number of thiophene rings is 1. The van der Waals surface area contributed by atoms with Gasteiger partial charge in [0.05, 0.1) is 4.34 Å². The number of hydrogen-bond donors (Lipinski definition) is 1. The second-order valence-electron chi connectivity index (χ2n) is 4.25. The molecule has 2 heterocycles. The van der Waals surface area contributed by atoms with Crippen molar-refractivity contribution in [2.24, 2.45) is 0 Å². The highest BCUT2D eigenvalue weighted by atomic mass is 35.5. The maximum absolute atomic E-state index is 6.05. The Kier molecular flexibility index (Phi) is 2.99. The Morgan fingerprint density at radius 2 is 2.33 bits per heavy atom. The molecule has 0 spiro atoms. The lowest BCUT2D eigenvalue weighted by Gasteiger charge is -2.18. The van der Waals surface area contributed by atoms with Gasteiger partial charge in [0.1, 0.15) is 0 Å². The molecule has 2 atom stereocenters. The van der Waals surface area contributed by atoms with Crippen molar-refractivity contribution in [2.75, 3.05) is 11.5 Å². The number of hydrogen-bond acceptors (Lipinski definition) is 3. The molecule has 1 aliphatic heterocycles. The van der Waals surface area contributed by atoms with Crippen LogP contribution in [-0.4, -0.2) is 17.5 Å². The normalized spacial score (nSPS) is 29.7. The maximum atomic E-state index is 6.05. The van der Waals surface area contributed by atoms with Gasteiger partial charge in [-0.2, -0.15) is 11.8 Å². The molecule has 82 valence electrons. The van der Waals surface area contributed by atoms with Crippen LogP contribution in [0.1, 0.15) is 29.3 Å². The number of halogens is 1. The molecule has 1 fully saturated rings. The van der Waals surface area contributed by atoms with Gasteiger partial charge in [-0.05, 0) is 36.6 Å². The minimum absolute atomic E-state index is 0.576. The first-order chi connectivity index (χ1) is 7.33. The second-order valence-corrected chi connectivity index (χ2v) is 7.17. The zero-order chi connectivity index (χ0) is 10.3. The molecule has 0 aromatic carbocycles. The summed E-state index contributed by atoms with van der Waals surface area (Å²) in [7, 11) is 0. The highest BCUT2D eigenvalue weighted by Gasteiger charge is 2.27. The Bertz CT molecular complexity index is 357. The highest BCUT2D eigenvalue weighted by molar-refractivity contribution is 7.99. The Labute approximate surface area is 104 Å². The zero-order valence-corrected chi connectivity index (χ0v) is 10.9. The van der Waals surface area contributed by atoms with Crippen LogP contribution in [-0.2, 0) is 6.42 Å². The molecule has 2 unspecified atom stereocenters.